The van der Waals surface area contributed by atoms with E-state index < -0.39 is 0 Å². The van der Waals surface area contributed by atoms with Crippen molar-refractivity contribution >= 4 is 52.6 Å². The van der Waals surface area contributed by atoms with Crippen molar-refractivity contribution in [3.8, 4) is 0 Å². The standard InChI is InChI=1S/C18H26N4S2.HI/c1-14-11-20-16(24-14)12-21-17(19-2)22-13-18(8-4-3-5-9-18)15-7-6-10-23-15;/h6-7,10-11H,3-5,8-9,12-13H2,1-2H3,(H2,19,21,22);1H. The summed E-state index contributed by atoms with van der Waals surface area (Å²) < 4.78 is 0. The quantitative estimate of drug-likeness (QED) is 0.363. The fourth-order valence-corrected chi connectivity index (χ4v) is 5.15. The first-order valence-corrected chi connectivity index (χ1v) is 10.3. The van der Waals surface area contributed by atoms with Crippen LogP contribution in [0.5, 0.6) is 0 Å². The van der Waals surface area contributed by atoms with Crippen LogP contribution >= 0.6 is 46.7 Å². The lowest BCUT2D eigenvalue weighted by molar-refractivity contribution is 0.296. The van der Waals surface area contributed by atoms with Crippen LogP contribution in [0.25, 0.3) is 0 Å². The lowest BCUT2D eigenvalue weighted by atomic mass is 9.73. The van der Waals surface area contributed by atoms with E-state index in [0.717, 1.165) is 24.1 Å². The van der Waals surface area contributed by atoms with Crippen molar-refractivity contribution in [1.82, 2.24) is 15.6 Å². The lowest BCUT2D eigenvalue weighted by Gasteiger charge is -2.37. The van der Waals surface area contributed by atoms with Gasteiger partial charge >= 0.3 is 0 Å². The second-order valence-electron chi connectivity index (χ2n) is 6.46. The number of rotatable bonds is 5. The Labute approximate surface area is 175 Å². The van der Waals surface area contributed by atoms with E-state index in [1.165, 1.54) is 41.9 Å². The zero-order valence-corrected chi connectivity index (χ0v) is 18.8. The third-order valence-electron chi connectivity index (χ3n) is 4.75. The van der Waals surface area contributed by atoms with Gasteiger partial charge in [-0.2, -0.15) is 0 Å². The molecule has 2 N–H and O–H groups in total. The fourth-order valence-electron chi connectivity index (χ4n) is 3.44. The van der Waals surface area contributed by atoms with Crippen molar-refractivity contribution in [2.75, 3.05) is 13.6 Å². The summed E-state index contributed by atoms with van der Waals surface area (Å²) in [6.07, 6.45) is 8.47. The number of hydrogen-bond acceptors (Lipinski definition) is 4. The Kier molecular flexibility index (Phi) is 8.15. The predicted molar refractivity (Wildman–Crippen MR) is 120 cm³/mol. The molecule has 0 saturated heterocycles. The molecular formula is C18H27IN4S2. The molecule has 2 aromatic rings. The van der Waals surface area contributed by atoms with Gasteiger partial charge in [0.25, 0.3) is 0 Å². The highest BCUT2D eigenvalue weighted by Gasteiger charge is 2.34. The molecule has 0 unspecified atom stereocenters. The van der Waals surface area contributed by atoms with E-state index in [9.17, 15) is 0 Å². The highest BCUT2D eigenvalue weighted by molar-refractivity contribution is 14.0. The van der Waals surface area contributed by atoms with Crippen LogP contribution in [-0.2, 0) is 12.0 Å². The first kappa shape index (κ1) is 20.6. The van der Waals surface area contributed by atoms with Crippen LogP contribution in [0.15, 0.2) is 28.7 Å². The minimum absolute atomic E-state index is 0. The largest absolute Gasteiger partial charge is 0.355 e. The Morgan fingerprint density at radius 1 is 1.28 bits per heavy atom. The third kappa shape index (κ3) is 5.40. The highest BCUT2D eigenvalue weighted by Crippen LogP contribution is 2.41. The van der Waals surface area contributed by atoms with E-state index in [2.05, 4.69) is 45.0 Å². The summed E-state index contributed by atoms with van der Waals surface area (Å²) in [6, 6.07) is 4.47. The van der Waals surface area contributed by atoms with Crippen LogP contribution in [0.2, 0.25) is 0 Å². The molecule has 2 heterocycles. The van der Waals surface area contributed by atoms with Gasteiger partial charge in [-0.15, -0.1) is 46.7 Å². The number of guanidine groups is 1. The van der Waals surface area contributed by atoms with Crippen LogP contribution in [0.3, 0.4) is 0 Å². The van der Waals surface area contributed by atoms with Crippen molar-refractivity contribution in [1.29, 1.82) is 0 Å². The monoisotopic (exact) mass is 490 g/mol. The second-order valence-corrected chi connectivity index (χ2v) is 8.73. The number of nitrogens with one attached hydrogen (secondary N) is 2. The molecule has 25 heavy (non-hydrogen) atoms. The molecule has 4 nitrogen and oxygen atoms in total. The Hall–Kier alpha value is -0.670. The topological polar surface area (TPSA) is 49.3 Å². The van der Waals surface area contributed by atoms with Crippen LogP contribution in [-0.4, -0.2) is 24.5 Å². The fraction of sp³-hybridized carbons (Fsp3) is 0.556. The van der Waals surface area contributed by atoms with Crippen molar-refractivity contribution in [3.05, 3.63) is 38.5 Å². The van der Waals surface area contributed by atoms with Crippen molar-refractivity contribution < 1.29 is 0 Å². The Bertz CT molecular complexity index is 660. The Balaban J connectivity index is 0.00000225. The van der Waals surface area contributed by atoms with Crippen molar-refractivity contribution in [2.24, 2.45) is 4.99 Å². The first-order chi connectivity index (χ1) is 11.7. The van der Waals surface area contributed by atoms with E-state index >= 15 is 0 Å². The highest BCUT2D eigenvalue weighted by atomic mass is 127. The molecule has 138 valence electrons. The molecule has 0 amide bonds. The zero-order chi connectivity index (χ0) is 16.8. The molecule has 3 rings (SSSR count). The molecule has 0 aromatic carbocycles. The first-order valence-electron chi connectivity index (χ1n) is 8.62. The summed E-state index contributed by atoms with van der Waals surface area (Å²) in [6.45, 7) is 3.76. The molecule has 0 spiro atoms. The summed E-state index contributed by atoms with van der Waals surface area (Å²) in [7, 11) is 1.83. The SMILES string of the molecule is CN=C(NCc1ncc(C)s1)NCC1(c2cccs2)CCCCC1.I. The molecule has 1 aliphatic rings. The van der Waals surface area contributed by atoms with E-state index in [-0.39, 0.29) is 29.4 Å². The maximum Gasteiger partial charge on any atom is 0.191 e. The third-order valence-corrected chi connectivity index (χ3v) is 6.78. The van der Waals surface area contributed by atoms with Gasteiger partial charge in [0.05, 0.1) is 6.54 Å². The van der Waals surface area contributed by atoms with Crippen LogP contribution in [0, 0.1) is 6.92 Å². The van der Waals surface area contributed by atoms with Gasteiger partial charge in [-0.25, -0.2) is 4.98 Å². The molecule has 0 aliphatic heterocycles. The molecular weight excluding hydrogens is 463 g/mol. The van der Waals surface area contributed by atoms with E-state index in [1.54, 1.807) is 11.3 Å². The second kappa shape index (κ2) is 9.87. The smallest absolute Gasteiger partial charge is 0.191 e. The maximum atomic E-state index is 4.40. The maximum absolute atomic E-state index is 4.40. The molecule has 7 heteroatoms. The number of aryl methyl sites for hydroxylation is 1. The summed E-state index contributed by atoms with van der Waals surface area (Å²) in [4.78, 5) is 11.5. The number of thiophene rings is 1. The number of aliphatic imine (C=N–C) groups is 1. The molecule has 0 radical (unpaired) electrons. The lowest BCUT2D eigenvalue weighted by Crippen LogP contribution is -2.46. The molecule has 0 atom stereocenters. The summed E-state index contributed by atoms with van der Waals surface area (Å²) >= 11 is 3.62. The molecule has 1 aliphatic carbocycles. The Morgan fingerprint density at radius 2 is 2.08 bits per heavy atom. The van der Waals surface area contributed by atoms with Crippen molar-refractivity contribution in [3.63, 3.8) is 0 Å². The zero-order valence-electron chi connectivity index (χ0n) is 14.9. The number of nitrogens with zero attached hydrogens (tertiary/aromatic N) is 2. The molecule has 0 bridgehead atoms. The number of hydrogen-bond donors (Lipinski definition) is 2. The summed E-state index contributed by atoms with van der Waals surface area (Å²) in [5.41, 5.74) is 0.266. The van der Waals surface area contributed by atoms with E-state index in [4.69, 9.17) is 0 Å². The number of thiazole rings is 1. The number of halogens is 1. The van der Waals surface area contributed by atoms with Gasteiger partial charge in [-0.1, -0.05) is 25.3 Å². The van der Waals surface area contributed by atoms with Gasteiger partial charge < -0.3 is 10.6 Å². The average molecular weight is 490 g/mol. The minimum Gasteiger partial charge on any atom is -0.355 e. The van der Waals surface area contributed by atoms with Crippen molar-refractivity contribution in [2.45, 2.75) is 51.0 Å². The van der Waals surface area contributed by atoms with Crippen LogP contribution in [0.1, 0.15) is 46.9 Å². The van der Waals surface area contributed by atoms with Gasteiger partial charge in [0, 0.05) is 35.0 Å². The normalized spacial score (nSPS) is 17.0. The summed E-state index contributed by atoms with van der Waals surface area (Å²) in [5.74, 6) is 0.865. The van der Waals surface area contributed by atoms with Gasteiger partial charge in [-0.05, 0) is 31.2 Å². The van der Waals surface area contributed by atoms with Crippen LogP contribution in [0.4, 0.5) is 0 Å². The van der Waals surface area contributed by atoms with Gasteiger partial charge in [-0.3, -0.25) is 4.99 Å². The summed E-state index contributed by atoms with van der Waals surface area (Å²) in [5, 5.41) is 10.3. The molecule has 2 aromatic heterocycles. The van der Waals surface area contributed by atoms with E-state index in [1.807, 2.05) is 24.6 Å². The minimum atomic E-state index is 0. The Morgan fingerprint density at radius 3 is 2.68 bits per heavy atom. The van der Waals surface area contributed by atoms with E-state index in [0.29, 0.717) is 0 Å². The predicted octanol–water partition coefficient (Wildman–Crippen LogP) is 4.70. The average Bonchev–Trinajstić information content (AvgIpc) is 3.28. The molecule has 1 fully saturated rings. The van der Waals surface area contributed by atoms with Gasteiger partial charge in [0.2, 0.25) is 0 Å². The molecule has 1 saturated carbocycles. The van der Waals surface area contributed by atoms with Gasteiger partial charge in [0.15, 0.2) is 5.96 Å². The van der Waals surface area contributed by atoms with Crippen LogP contribution < -0.4 is 10.6 Å². The number of aromatic nitrogens is 1. The van der Waals surface area contributed by atoms with Gasteiger partial charge in [0.1, 0.15) is 5.01 Å².